The van der Waals surface area contributed by atoms with Gasteiger partial charge in [-0.1, -0.05) is 36.4 Å². The average molecular weight is 741 g/mol. The van der Waals surface area contributed by atoms with Gasteiger partial charge in [0.25, 0.3) is 0 Å². The fourth-order valence-corrected chi connectivity index (χ4v) is 6.96. The monoisotopic (exact) mass is 739 g/mol. The van der Waals surface area contributed by atoms with Gasteiger partial charge in [0.05, 0.1) is 16.8 Å². The molecule has 0 atom stereocenters. The van der Waals surface area contributed by atoms with E-state index in [9.17, 15) is 0 Å². The van der Waals surface area contributed by atoms with E-state index in [-0.39, 0.29) is 5.41 Å². The third kappa shape index (κ3) is 2.55. The quantitative estimate of drug-likeness (QED) is 0.154. The van der Waals surface area contributed by atoms with E-state index < -0.39 is 0 Å². The molecule has 5 heteroatoms. The number of halogens is 4. The van der Waals surface area contributed by atoms with Crippen molar-refractivity contribution >= 4 is 88.4 Å². The van der Waals surface area contributed by atoms with Crippen molar-refractivity contribution in [3.63, 3.8) is 0 Å². The van der Waals surface area contributed by atoms with E-state index >= 15 is 0 Å². The molecule has 0 saturated heterocycles. The highest BCUT2D eigenvalue weighted by Gasteiger charge is 2.51. The highest BCUT2D eigenvalue weighted by atomic mass is 127. The Kier molecular flexibility index (Phi) is 4.64. The Hall–Kier alpha value is -0.900. The summed E-state index contributed by atoms with van der Waals surface area (Å²) in [6, 6.07) is 26.8. The molecule has 1 nitrogen and oxygen atoms in total. The van der Waals surface area contributed by atoms with Gasteiger partial charge in [-0.25, -0.2) is 0 Å². The minimum atomic E-state index is -0.365. The Morgan fingerprint density at radius 1 is 0.600 bits per heavy atom. The predicted molar refractivity (Wildman–Crippen MR) is 148 cm³/mol. The highest BCUT2D eigenvalue weighted by molar-refractivity contribution is 14.1. The number of anilines is 2. The van der Waals surface area contributed by atoms with Gasteiger partial charge in [-0.15, -0.1) is 0 Å². The molecule has 0 saturated carbocycles. The van der Waals surface area contributed by atoms with Crippen molar-refractivity contribution in [3.8, 4) is 11.1 Å². The van der Waals surface area contributed by atoms with Crippen LogP contribution in [0.15, 0.2) is 81.7 Å². The standard InChI is InChI=1S/C25H13Br2I2N/c26-21-5-1-3-17-23(21)30-24-18(4-2-6-22(24)27)25(17)19-11-13(28)7-9-15(19)16-10-8-14(29)12-20(16)25/h1-12,30H. The molecule has 1 aliphatic heterocycles. The van der Waals surface area contributed by atoms with Gasteiger partial charge >= 0.3 is 0 Å². The summed E-state index contributed by atoms with van der Waals surface area (Å²) in [5, 5.41) is 3.72. The molecule has 1 spiro atoms. The number of fused-ring (bicyclic) bond motifs is 9. The van der Waals surface area contributed by atoms with Crippen molar-refractivity contribution < 1.29 is 0 Å². The molecule has 1 heterocycles. The lowest BCUT2D eigenvalue weighted by molar-refractivity contribution is 0.760. The summed E-state index contributed by atoms with van der Waals surface area (Å²) in [4.78, 5) is 0. The van der Waals surface area contributed by atoms with Crippen LogP contribution in [0.25, 0.3) is 11.1 Å². The molecule has 2 aliphatic rings. The maximum absolute atomic E-state index is 3.82. The van der Waals surface area contributed by atoms with E-state index in [1.54, 1.807) is 0 Å². The third-order valence-electron chi connectivity index (χ3n) is 6.15. The number of benzene rings is 4. The lowest BCUT2D eigenvalue weighted by Crippen LogP contribution is -2.33. The molecule has 0 amide bonds. The van der Waals surface area contributed by atoms with Gasteiger partial charge in [-0.05, 0) is 147 Å². The number of hydrogen-bond acceptors (Lipinski definition) is 1. The zero-order valence-electron chi connectivity index (χ0n) is 15.4. The Labute approximate surface area is 219 Å². The molecular weight excluding hydrogens is 728 g/mol. The Morgan fingerprint density at radius 3 is 1.53 bits per heavy atom. The number of hydrogen-bond donors (Lipinski definition) is 1. The van der Waals surface area contributed by atoms with Crippen LogP contribution in [0.1, 0.15) is 22.3 Å². The van der Waals surface area contributed by atoms with Crippen molar-refractivity contribution in [1.82, 2.24) is 0 Å². The first-order valence-electron chi connectivity index (χ1n) is 9.47. The largest absolute Gasteiger partial charge is 0.353 e. The minimum Gasteiger partial charge on any atom is -0.353 e. The van der Waals surface area contributed by atoms with Crippen LogP contribution in [0, 0.1) is 7.14 Å². The first-order valence-corrected chi connectivity index (χ1v) is 13.2. The maximum Gasteiger partial charge on any atom is 0.0755 e. The smallest absolute Gasteiger partial charge is 0.0755 e. The Morgan fingerprint density at radius 2 is 1.07 bits per heavy atom. The molecule has 1 N–H and O–H groups in total. The Balaban J connectivity index is 1.89. The molecule has 0 bridgehead atoms. The van der Waals surface area contributed by atoms with Crippen LogP contribution in [-0.4, -0.2) is 0 Å². The van der Waals surface area contributed by atoms with Crippen LogP contribution in [-0.2, 0) is 5.41 Å². The molecule has 0 aromatic heterocycles. The lowest BCUT2D eigenvalue weighted by atomic mass is 9.65. The summed E-state index contributed by atoms with van der Waals surface area (Å²) in [5.41, 5.74) is 9.82. The van der Waals surface area contributed by atoms with Gasteiger partial charge < -0.3 is 5.32 Å². The molecule has 0 fully saturated rings. The van der Waals surface area contributed by atoms with Gasteiger partial charge in [-0.2, -0.15) is 0 Å². The molecule has 0 unspecified atom stereocenters. The summed E-state index contributed by atoms with van der Waals surface area (Å²) in [6.07, 6.45) is 0. The average Bonchev–Trinajstić information content (AvgIpc) is 2.99. The zero-order chi connectivity index (χ0) is 20.6. The molecule has 4 aromatic rings. The van der Waals surface area contributed by atoms with E-state index in [2.05, 4.69) is 155 Å². The van der Waals surface area contributed by atoms with Crippen molar-refractivity contribution in [2.75, 3.05) is 5.32 Å². The summed E-state index contributed by atoms with van der Waals surface area (Å²) in [5.74, 6) is 0. The first kappa shape index (κ1) is 19.8. The lowest BCUT2D eigenvalue weighted by Gasteiger charge is -2.41. The van der Waals surface area contributed by atoms with E-state index in [0.717, 1.165) is 20.3 Å². The van der Waals surface area contributed by atoms with Crippen LogP contribution in [0.5, 0.6) is 0 Å². The van der Waals surface area contributed by atoms with Gasteiger partial charge in [0.2, 0.25) is 0 Å². The zero-order valence-corrected chi connectivity index (χ0v) is 22.9. The molecule has 0 radical (unpaired) electrons. The van der Waals surface area contributed by atoms with Crippen LogP contribution < -0.4 is 5.32 Å². The van der Waals surface area contributed by atoms with E-state index in [1.165, 1.54) is 40.5 Å². The molecule has 146 valence electrons. The third-order valence-corrected chi connectivity index (χ3v) is 8.81. The molecule has 4 aromatic carbocycles. The van der Waals surface area contributed by atoms with Crippen molar-refractivity contribution in [3.05, 3.63) is 111 Å². The number of para-hydroxylation sites is 2. The number of rotatable bonds is 0. The molecule has 6 rings (SSSR count). The fraction of sp³-hybridized carbons (Fsp3) is 0.0400. The van der Waals surface area contributed by atoms with Crippen LogP contribution in [0.2, 0.25) is 0 Å². The SMILES string of the molecule is Brc1cccc2c1Nc1c(Br)cccc1C21c2cc(I)ccc2-c2ccc(I)cc21. The summed E-state index contributed by atoms with van der Waals surface area (Å²) < 4.78 is 4.65. The number of nitrogens with one attached hydrogen (secondary N) is 1. The summed E-state index contributed by atoms with van der Waals surface area (Å²) in [7, 11) is 0. The van der Waals surface area contributed by atoms with Crippen molar-refractivity contribution in [2.24, 2.45) is 0 Å². The minimum absolute atomic E-state index is 0.365. The second-order valence-electron chi connectivity index (χ2n) is 7.58. The summed E-state index contributed by atoms with van der Waals surface area (Å²) in [6.45, 7) is 0. The van der Waals surface area contributed by atoms with Gasteiger partial charge in [-0.3, -0.25) is 0 Å². The molecule has 30 heavy (non-hydrogen) atoms. The van der Waals surface area contributed by atoms with Crippen molar-refractivity contribution in [2.45, 2.75) is 5.41 Å². The maximum atomic E-state index is 3.82. The summed E-state index contributed by atoms with van der Waals surface area (Å²) >= 11 is 12.5. The van der Waals surface area contributed by atoms with Crippen LogP contribution >= 0.6 is 77.0 Å². The van der Waals surface area contributed by atoms with Gasteiger partial charge in [0, 0.05) is 16.1 Å². The van der Waals surface area contributed by atoms with E-state index in [4.69, 9.17) is 0 Å². The van der Waals surface area contributed by atoms with Crippen LogP contribution in [0.4, 0.5) is 11.4 Å². The topological polar surface area (TPSA) is 12.0 Å². The highest BCUT2D eigenvalue weighted by Crippen LogP contribution is 2.62. The Bertz CT molecular complexity index is 1270. The van der Waals surface area contributed by atoms with Gasteiger partial charge in [0.15, 0.2) is 0 Å². The first-order chi connectivity index (χ1) is 14.5. The van der Waals surface area contributed by atoms with Crippen LogP contribution in [0.3, 0.4) is 0 Å². The van der Waals surface area contributed by atoms with Gasteiger partial charge in [0.1, 0.15) is 0 Å². The van der Waals surface area contributed by atoms with E-state index in [1.807, 2.05) is 0 Å². The molecular formula is C25H13Br2I2N. The second kappa shape index (κ2) is 7.05. The molecule has 1 aliphatic carbocycles. The van der Waals surface area contributed by atoms with Crippen molar-refractivity contribution in [1.29, 1.82) is 0 Å². The second-order valence-corrected chi connectivity index (χ2v) is 11.8. The fourth-order valence-electron chi connectivity index (χ4n) is 5.05. The normalized spacial score (nSPS) is 14.5. The van der Waals surface area contributed by atoms with E-state index in [0.29, 0.717) is 0 Å². The predicted octanol–water partition coefficient (Wildman–Crippen LogP) is 8.84.